The van der Waals surface area contributed by atoms with Gasteiger partial charge in [0.15, 0.2) is 0 Å². The molecule has 21 heavy (non-hydrogen) atoms. The van der Waals surface area contributed by atoms with E-state index in [2.05, 4.69) is 0 Å². The minimum atomic E-state index is -0.392. The van der Waals surface area contributed by atoms with Crippen LogP contribution in [-0.2, 0) is 0 Å². The van der Waals surface area contributed by atoms with Gasteiger partial charge in [0.25, 0.3) is 0 Å². The molecule has 0 aliphatic rings. The molecule has 102 valence electrons. The molecule has 3 aromatic rings. The second-order valence-corrected chi connectivity index (χ2v) is 5.01. The minimum absolute atomic E-state index is 0.390. The average Bonchev–Trinajstić information content (AvgIpc) is 2.53. The van der Waals surface area contributed by atoms with Gasteiger partial charge in [0, 0.05) is 11.1 Å². The van der Waals surface area contributed by atoms with Crippen molar-refractivity contribution in [1.82, 2.24) is 0 Å². The van der Waals surface area contributed by atoms with Gasteiger partial charge in [-0.3, -0.25) is 9.59 Å². The average molecular weight is 274 g/mol. The summed E-state index contributed by atoms with van der Waals surface area (Å²) >= 11 is 0. The van der Waals surface area contributed by atoms with Gasteiger partial charge in [0.1, 0.15) is 0 Å². The quantitative estimate of drug-likeness (QED) is 0.685. The number of rotatable bonds is 3. The van der Waals surface area contributed by atoms with Gasteiger partial charge in [-0.2, -0.15) is 0 Å². The Balaban J connectivity index is 2.09. The van der Waals surface area contributed by atoms with Crippen molar-refractivity contribution in [3.63, 3.8) is 0 Å². The first-order chi connectivity index (χ1) is 10.2. The van der Waals surface area contributed by atoms with Gasteiger partial charge in [-0.05, 0) is 23.6 Å². The van der Waals surface area contributed by atoms with Crippen LogP contribution in [0, 0.1) is 0 Å². The van der Waals surface area contributed by atoms with Crippen LogP contribution in [0.25, 0.3) is 22.8 Å². The van der Waals surface area contributed by atoms with Crippen LogP contribution in [-0.4, -0.2) is 0 Å². The fourth-order valence-corrected chi connectivity index (χ4v) is 2.52. The Kier molecular flexibility index (Phi) is 3.36. The number of allylic oxidation sites excluding steroid dienone is 1. The molecule has 3 rings (SSSR count). The first-order valence-corrected chi connectivity index (χ1v) is 6.81. The van der Waals surface area contributed by atoms with Gasteiger partial charge >= 0.3 is 0 Å². The normalized spacial score (nSPS) is 11.8. The predicted octanol–water partition coefficient (Wildman–Crippen LogP) is 3.51. The molecule has 0 aliphatic heterocycles. The fourth-order valence-electron chi connectivity index (χ4n) is 2.52. The molecule has 0 amide bonds. The Bertz CT molecular complexity index is 865. The van der Waals surface area contributed by atoms with Gasteiger partial charge in [-0.25, -0.2) is 0 Å². The Hall–Kier alpha value is -2.74. The highest BCUT2D eigenvalue weighted by atomic mass is 16.2. The molecule has 0 fully saturated rings. The minimum Gasteiger partial charge on any atom is -0.285 e. The lowest BCUT2D eigenvalue weighted by Gasteiger charge is -2.11. The van der Waals surface area contributed by atoms with E-state index in [4.69, 9.17) is 0 Å². The summed E-state index contributed by atoms with van der Waals surface area (Å²) in [7, 11) is 0. The highest BCUT2D eigenvalue weighted by Gasteiger charge is 2.22. The highest BCUT2D eigenvalue weighted by Crippen LogP contribution is 2.26. The smallest absolute Gasteiger partial charge is 0.234 e. The molecule has 0 saturated carbocycles. The van der Waals surface area contributed by atoms with E-state index >= 15 is 0 Å². The Morgan fingerprint density at radius 2 is 1.38 bits per heavy atom. The van der Waals surface area contributed by atoms with Gasteiger partial charge in [-0.1, -0.05) is 66.7 Å². The van der Waals surface area contributed by atoms with Crippen molar-refractivity contribution in [2.75, 3.05) is 0 Å². The molecule has 0 heterocycles. The van der Waals surface area contributed by atoms with Crippen LogP contribution in [0.5, 0.6) is 0 Å². The van der Waals surface area contributed by atoms with Gasteiger partial charge in [-0.15, -0.1) is 0 Å². The lowest BCUT2D eigenvalue weighted by Crippen LogP contribution is -2.36. The maximum absolute atomic E-state index is 11.9. The number of benzene rings is 2. The van der Waals surface area contributed by atoms with E-state index in [-0.39, 0.29) is 0 Å². The van der Waals surface area contributed by atoms with Crippen molar-refractivity contribution in [2.24, 2.45) is 0 Å². The lowest BCUT2D eigenvalue weighted by atomic mass is 9.89. The molecule has 0 aliphatic carbocycles. The van der Waals surface area contributed by atoms with Crippen molar-refractivity contribution in [1.29, 1.82) is 0 Å². The molecule has 3 aromatic carbocycles. The molecule has 2 nitrogen and oxygen atoms in total. The summed E-state index contributed by atoms with van der Waals surface area (Å²) in [6.07, 6.45) is 1.93. The largest absolute Gasteiger partial charge is 0.285 e. The Morgan fingerprint density at radius 3 is 2.00 bits per heavy atom. The monoisotopic (exact) mass is 274 g/mol. The van der Waals surface area contributed by atoms with E-state index < -0.39 is 10.9 Å². The first-order valence-electron chi connectivity index (χ1n) is 6.81. The molecule has 0 radical (unpaired) electrons. The van der Waals surface area contributed by atoms with Crippen molar-refractivity contribution in [2.45, 2.75) is 6.92 Å². The summed E-state index contributed by atoms with van der Waals surface area (Å²) < 4.78 is 0. The summed E-state index contributed by atoms with van der Waals surface area (Å²) in [4.78, 5) is 23.8. The summed E-state index contributed by atoms with van der Waals surface area (Å²) in [6.45, 7) is 1.87. The molecule has 0 unspecified atom stereocenters. The summed E-state index contributed by atoms with van der Waals surface area (Å²) in [6, 6.07) is 19.1. The topological polar surface area (TPSA) is 34.1 Å². The third-order valence-corrected chi connectivity index (χ3v) is 3.55. The van der Waals surface area contributed by atoms with Crippen LogP contribution >= 0.6 is 0 Å². The van der Waals surface area contributed by atoms with E-state index in [1.54, 1.807) is 0 Å². The zero-order valence-electron chi connectivity index (χ0n) is 11.7. The molecular weight excluding hydrogens is 260 g/mol. The van der Waals surface area contributed by atoms with Crippen LogP contribution in [0.4, 0.5) is 0 Å². The Morgan fingerprint density at radius 1 is 0.810 bits per heavy atom. The predicted molar refractivity (Wildman–Crippen MR) is 86.8 cm³/mol. The third kappa shape index (κ3) is 2.36. The second kappa shape index (κ2) is 5.33. The van der Waals surface area contributed by atoms with Crippen LogP contribution in [0.1, 0.15) is 18.1 Å². The van der Waals surface area contributed by atoms with E-state index in [1.807, 2.05) is 73.7 Å². The SMILES string of the molecule is C/C(=C\c1ccccc1)c1c(-c2ccccc2)c(=O)c1=O. The molecule has 0 N–H and O–H groups in total. The molecular formula is C19H14O2. The van der Waals surface area contributed by atoms with E-state index in [0.29, 0.717) is 11.1 Å². The number of hydrogen-bond acceptors (Lipinski definition) is 2. The molecule has 0 bridgehead atoms. The standard InChI is InChI=1S/C19H14O2/c1-13(12-14-8-4-2-5-9-14)16-17(19(21)18(16)20)15-10-6-3-7-11-15/h2-12H,1H3/b13-12+. The zero-order valence-corrected chi connectivity index (χ0v) is 11.7. The summed E-state index contributed by atoms with van der Waals surface area (Å²) in [5, 5.41) is 0. The van der Waals surface area contributed by atoms with Crippen LogP contribution < -0.4 is 10.9 Å². The molecule has 0 aromatic heterocycles. The van der Waals surface area contributed by atoms with Gasteiger partial charge < -0.3 is 0 Å². The van der Waals surface area contributed by atoms with Crippen LogP contribution in [0.3, 0.4) is 0 Å². The first kappa shape index (κ1) is 13.3. The molecule has 2 heteroatoms. The number of hydrogen-bond donors (Lipinski definition) is 0. The van der Waals surface area contributed by atoms with Crippen molar-refractivity contribution in [3.8, 4) is 11.1 Å². The van der Waals surface area contributed by atoms with Crippen molar-refractivity contribution in [3.05, 3.63) is 92.2 Å². The second-order valence-electron chi connectivity index (χ2n) is 5.01. The summed E-state index contributed by atoms with van der Waals surface area (Å²) in [5.74, 6) is 0. The van der Waals surface area contributed by atoms with E-state index in [1.165, 1.54) is 0 Å². The maximum atomic E-state index is 11.9. The van der Waals surface area contributed by atoms with E-state index in [9.17, 15) is 9.59 Å². The highest BCUT2D eigenvalue weighted by molar-refractivity contribution is 5.90. The van der Waals surface area contributed by atoms with Crippen LogP contribution in [0.2, 0.25) is 0 Å². The molecule has 0 atom stereocenters. The van der Waals surface area contributed by atoms with Gasteiger partial charge in [0.05, 0.1) is 0 Å². The van der Waals surface area contributed by atoms with Crippen molar-refractivity contribution < 1.29 is 0 Å². The van der Waals surface area contributed by atoms with Crippen LogP contribution in [0.15, 0.2) is 70.3 Å². The van der Waals surface area contributed by atoms with Crippen molar-refractivity contribution >= 4 is 11.6 Å². The third-order valence-electron chi connectivity index (χ3n) is 3.55. The van der Waals surface area contributed by atoms with Gasteiger partial charge in [0.2, 0.25) is 10.9 Å². The fraction of sp³-hybridized carbons (Fsp3) is 0.0526. The summed E-state index contributed by atoms with van der Waals surface area (Å²) in [5.41, 5.74) is 2.93. The van der Waals surface area contributed by atoms with E-state index in [0.717, 1.165) is 16.7 Å². The zero-order chi connectivity index (χ0) is 14.8. The maximum Gasteiger partial charge on any atom is 0.234 e. The molecule has 0 saturated heterocycles. The molecule has 0 spiro atoms. The lowest BCUT2D eigenvalue weighted by molar-refractivity contribution is 1.35. The Labute approximate surface area is 122 Å².